The second-order valence-electron chi connectivity index (χ2n) is 6.14. The maximum atomic E-state index is 4.39. The minimum absolute atomic E-state index is 0.481. The molecule has 1 aromatic heterocycles. The van der Waals surface area contributed by atoms with Crippen LogP contribution in [0.4, 0.5) is 5.82 Å². The van der Waals surface area contributed by atoms with Crippen molar-refractivity contribution in [1.29, 1.82) is 0 Å². The Morgan fingerprint density at radius 1 is 1.25 bits per heavy atom. The molecule has 1 saturated heterocycles. The average molecular weight is 276 g/mol. The maximum absolute atomic E-state index is 4.39. The maximum Gasteiger partial charge on any atom is 0.151 e. The van der Waals surface area contributed by atoms with Crippen LogP contribution in [0.5, 0.6) is 0 Å². The van der Waals surface area contributed by atoms with Gasteiger partial charge in [0.2, 0.25) is 0 Å². The predicted molar refractivity (Wildman–Crippen MR) is 83.9 cm³/mol. The van der Waals surface area contributed by atoms with E-state index in [1.165, 1.54) is 25.7 Å². The van der Waals surface area contributed by atoms with Gasteiger partial charge in [0.25, 0.3) is 0 Å². The lowest BCUT2D eigenvalue weighted by Crippen LogP contribution is -2.34. The molecule has 0 spiro atoms. The Kier molecular flexibility index (Phi) is 5.77. The molecule has 4 heteroatoms. The predicted octanol–water partition coefficient (Wildman–Crippen LogP) is 2.99. The standard InChI is InChI=1S/C16H28N4/c1-4-5-14-8-10-20(11-9-14)16-7-6-15(18-19-16)12-17-13(2)3/h6-7,13-14,17H,4-5,8-12H2,1-3H3. The summed E-state index contributed by atoms with van der Waals surface area (Å²) >= 11 is 0. The third-order valence-corrected chi connectivity index (χ3v) is 4.03. The summed E-state index contributed by atoms with van der Waals surface area (Å²) in [4.78, 5) is 2.37. The number of hydrogen-bond donors (Lipinski definition) is 1. The summed E-state index contributed by atoms with van der Waals surface area (Å²) in [6.07, 6.45) is 5.28. The molecule has 0 radical (unpaired) electrons. The molecule has 112 valence electrons. The summed E-state index contributed by atoms with van der Waals surface area (Å²) in [6, 6.07) is 4.69. The van der Waals surface area contributed by atoms with Crippen LogP contribution in [-0.4, -0.2) is 29.3 Å². The van der Waals surface area contributed by atoms with Gasteiger partial charge in [0.15, 0.2) is 5.82 Å². The van der Waals surface area contributed by atoms with Crippen molar-refractivity contribution in [3.8, 4) is 0 Å². The molecule has 0 amide bonds. The van der Waals surface area contributed by atoms with E-state index >= 15 is 0 Å². The number of nitrogens with one attached hydrogen (secondary N) is 1. The van der Waals surface area contributed by atoms with E-state index in [1.807, 2.05) is 0 Å². The molecule has 1 N–H and O–H groups in total. The number of piperidine rings is 1. The van der Waals surface area contributed by atoms with Gasteiger partial charge in [-0.25, -0.2) is 0 Å². The van der Waals surface area contributed by atoms with Gasteiger partial charge in [-0.15, -0.1) is 5.10 Å². The van der Waals surface area contributed by atoms with Crippen molar-refractivity contribution in [3.05, 3.63) is 17.8 Å². The Bertz CT molecular complexity index is 380. The molecule has 20 heavy (non-hydrogen) atoms. The average Bonchev–Trinajstić information content (AvgIpc) is 2.47. The zero-order valence-corrected chi connectivity index (χ0v) is 13.1. The SMILES string of the molecule is CCCC1CCN(c2ccc(CNC(C)C)nn2)CC1. The minimum Gasteiger partial charge on any atom is -0.355 e. The first kappa shape index (κ1) is 15.2. The smallest absolute Gasteiger partial charge is 0.151 e. The monoisotopic (exact) mass is 276 g/mol. The van der Waals surface area contributed by atoms with Gasteiger partial charge >= 0.3 is 0 Å². The highest BCUT2D eigenvalue weighted by Gasteiger charge is 2.19. The minimum atomic E-state index is 0.481. The van der Waals surface area contributed by atoms with Crippen molar-refractivity contribution < 1.29 is 0 Å². The normalized spacial score (nSPS) is 16.9. The molecule has 1 aliphatic heterocycles. The molecule has 2 rings (SSSR count). The largest absolute Gasteiger partial charge is 0.355 e. The van der Waals surface area contributed by atoms with Gasteiger partial charge in [-0.2, -0.15) is 5.10 Å². The fourth-order valence-corrected chi connectivity index (χ4v) is 2.78. The summed E-state index contributed by atoms with van der Waals surface area (Å²) < 4.78 is 0. The highest BCUT2D eigenvalue weighted by Crippen LogP contribution is 2.24. The molecule has 0 bridgehead atoms. The van der Waals surface area contributed by atoms with Crippen molar-refractivity contribution in [2.24, 2.45) is 5.92 Å². The van der Waals surface area contributed by atoms with E-state index in [0.717, 1.165) is 37.1 Å². The number of rotatable bonds is 6. The topological polar surface area (TPSA) is 41.0 Å². The highest BCUT2D eigenvalue weighted by molar-refractivity contribution is 5.37. The summed E-state index contributed by atoms with van der Waals surface area (Å²) in [6.45, 7) is 9.61. The summed E-state index contributed by atoms with van der Waals surface area (Å²) in [5.74, 6) is 1.95. The first-order chi connectivity index (χ1) is 9.69. The third-order valence-electron chi connectivity index (χ3n) is 4.03. The quantitative estimate of drug-likeness (QED) is 0.867. The Balaban J connectivity index is 1.84. The summed E-state index contributed by atoms with van der Waals surface area (Å²) in [5, 5.41) is 12.1. The summed E-state index contributed by atoms with van der Waals surface area (Å²) in [7, 11) is 0. The zero-order valence-electron chi connectivity index (χ0n) is 13.1. The molecule has 0 aromatic carbocycles. The molecule has 1 aromatic rings. The van der Waals surface area contributed by atoms with Crippen LogP contribution in [0.25, 0.3) is 0 Å². The van der Waals surface area contributed by atoms with E-state index in [9.17, 15) is 0 Å². The van der Waals surface area contributed by atoms with Crippen molar-refractivity contribution >= 4 is 5.82 Å². The van der Waals surface area contributed by atoms with E-state index in [0.29, 0.717) is 6.04 Å². The van der Waals surface area contributed by atoms with Gasteiger partial charge in [0.1, 0.15) is 0 Å². The van der Waals surface area contributed by atoms with Crippen molar-refractivity contribution in [2.75, 3.05) is 18.0 Å². The Hall–Kier alpha value is -1.16. The Morgan fingerprint density at radius 2 is 2.00 bits per heavy atom. The molecular weight excluding hydrogens is 248 g/mol. The van der Waals surface area contributed by atoms with Gasteiger partial charge < -0.3 is 10.2 Å². The molecule has 0 aliphatic carbocycles. The Labute approximate surface area is 123 Å². The van der Waals surface area contributed by atoms with Gasteiger partial charge in [-0.05, 0) is 30.9 Å². The molecule has 4 nitrogen and oxygen atoms in total. The van der Waals surface area contributed by atoms with Crippen LogP contribution in [0.15, 0.2) is 12.1 Å². The van der Waals surface area contributed by atoms with E-state index in [4.69, 9.17) is 0 Å². The van der Waals surface area contributed by atoms with E-state index in [2.05, 4.69) is 53.3 Å². The van der Waals surface area contributed by atoms with E-state index in [-0.39, 0.29) is 0 Å². The van der Waals surface area contributed by atoms with Crippen LogP contribution < -0.4 is 10.2 Å². The van der Waals surface area contributed by atoms with Crippen molar-refractivity contribution in [1.82, 2.24) is 15.5 Å². The van der Waals surface area contributed by atoms with Crippen molar-refractivity contribution in [2.45, 2.75) is 59.0 Å². The van der Waals surface area contributed by atoms with Gasteiger partial charge in [-0.1, -0.05) is 33.6 Å². The van der Waals surface area contributed by atoms with E-state index < -0.39 is 0 Å². The van der Waals surface area contributed by atoms with Crippen molar-refractivity contribution in [3.63, 3.8) is 0 Å². The fraction of sp³-hybridized carbons (Fsp3) is 0.750. The second-order valence-corrected chi connectivity index (χ2v) is 6.14. The van der Waals surface area contributed by atoms with Crippen LogP contribution in [0, 0.1) is 5.92 Å². The molecule has 1 fully saturated rings. The van der Waals surface area contributed by atoms with Crippen LogP contribution in [0.2, 0.25) is 0 Å². The van der Waals surface area contributed by atoms with Gasteiger partial charge in [-0.3, -0.25) is 0 Å². The number of hydrogen-bond acceptors (Lipinski definition) is 4. The molecule has 0 saturated carbocycles. The van der Waals surface area contributed by atoms with Crippen LogP contribution in [0.1, 0.15) is 52.1 Å². The Morgan fingerprint density at radius 3 is 2.55 bits per heavy atom. The molecular formula is C16H28N4. The van der Waals surface area contributed by atoms with Crippen LogP contribution >= 0.6 is 0 Å². The third kappa shape index (κ3) is 4.44. The summed E-state index contributed by atoms with van der Waals surface area (Å²) in [5.41, 5.74) is 1.02. The van der Waals surface area contributed by atoms with Crippen LogP contribution in [-0.2, 0) is 6.54 Å². The zero-order chi connectivity index (χ0) is 14.4. The molecule has 0 atom stereocenters. The lowest BCUT2D eigenvalue weighted by molar-refractivity contribution is 0.377. The number of aromatic nitrogens is 2. The first-order valence-corrected chi connectivity index (χ1v) is 8.00. The fourth-order valence-electron chi connectivity index (χ4n) is 2.78. The molecule has 1 aliphatic rings. The number of nitrogens with zero attached hydrogens (tertiary/aromatic N) is 3. The van der Waals surface area contributed by atoms with E-state index in [1.54, 1.807) is 0 Å². The lowest BCUT2D eigenvalue weighted by Gasteiger charge is -2.32. The van der Waals surface area contributed by atoms with Gasteiger partial charge in [0, 0.05) is 25.7 Å². The highest BCUT2D eigenvalue weighted by atomic mass is 15.3. The molecule has 2 heterocycles. The molecule has 0 unspecified atom stereocenters. The van der Waals surface area contributed by atoms with Gasteiger partial charge in [0.05, 0.1) is 5.69 Å². The first-order valence-electron chi connectivity index (χ1n) is 8.00. The number of anilines is 1. The van der Waals surface area contributed by atoms with Crippen LogP contribution in [0.3, 0.4) is 0 Å². The lowest BCUT2D eigenvalue weighted by atomic mass is 9.92. The second kappa shape index (κ2) is 7.58.